The minimum atomic E-state index is -0.504. The number of hydrogen-bond acceptors (Lipinski definition) is 5. The fourth-order valence-electron chi connectivity index (χ4n) is 2.17. The monoisotopic (exact) mass is 266 g/mol. The van der Waals surface area contributed by atoms with Crippen LogP contribution in [0.5, 0.6) is 0 Å². The van der Waals surface area contributed by atoms with E-state index in [1.165, 1.54) is 4.90 Å². The van der Waals surface area contributed by atoms with E-state index in [2.05, 4.69) is 15.2 Å². The molecule has 0 bridgehead atoms. The zero-order valence-corrected chi connectivity index (χ0v) is 11.2. The van der Waals surface area contributed by atoms with Crippen molar-refractivity contribution in [2.24, 2.45) is 0 Å². The van der Waals surface area contributed by atoms with Crippen LogP contribution in [0.4, 0.5) is 0 Å². The summed E-state index contributed by atoms with van der Waals surface area (Å²) in [4.78, 5) is 29.7. The second-order valence-electron chi connectivity index (χ2n) is 4.37. The van der Waals surface area contributed by atoms with Crippen LogP contribution in [-0.4, -0.2) is 51.2 Å². The number of carbonyl (C=O) groups is 2. The van der Waals surface area contributed by atoms with Gasteiger partial charge in [-0.2, -0.15) is 0 Å². The van der Waals surface area contributed by atoms with E-state index in [4.69, 9.17) is 4.74 Å². The number of carbonyl (C=O) groups excluding carboxylic acids is 2. The molecule has 2 rings (SSSR count). The lowest BCUT2D eigenvalue weighted by atomic mass is 10.2. The van der Waals surface area contributed by atoms with Gasteiger partial charge in [-0.3, -0.25) is 9.89 Å². The third kappa shape index (κ3) is 2.74. The molecule has 1 aromatic rings. The second-order valence-corrected chi connectivity index (χ2v) is 4.37. The first-order valence-corrected chi connectivity index (χ1v) is 6.56. The van der Waals surface area contributed by atoms with Crippen LogP contribution in [0, 0.1) is 0 Å². The predicted molar refractivity (Wildman–Crippen MR) is 66.5 cm³/mol. The maximum absolute atomic E-state index is 12.3. The summed E-state index contributed by atoms with van der Waals surface area (Å²) < 4.78 is 4.99. The maximum Gasteiger partial charge on any atom is 0.328 e. The molecule has 1 aromatic heterocycles. The van der Waals surface area contributed by atoms with Gasteiger partial charge in [-0.15, -0.1) is 5.10 Å². The number of aryl methyl sites for hydroxylation is 1. The number of aromatic nitrogens is 3. The molecule has 7 nitrogen and oxygen atoms in total. The number of H-pyrrole nitrogens is 1. The molecule has 1 fully saturated rings. The molecule has 1 aliphatic heterocycles. The van der Waals surface area contributed by atoms with E-state index in [1.807, 2.05) is 6.92 Å². The highest BCUT2D eigenvalue weighted by atomic mass is 16.5. The first kappa shape index (κ1) is 13.5. The Morgan fingerprint density at radius 3 is 2.89 bits per heavy atom. The Labute approximate surface area is 111 Å². The molecule has 0 radical (unpaired) electrons. The maximum atomic E-state index is 12.3. The van der Waals surface area contributed by atoms with Crippen molar-refractivity contribution in [3.8, 4) is 0 Å². The highest BCUT2D eigenvalue weighted by molar-refractivity contribution is 5.94. The highest BCUT2D eigenvalue weighted by Crippen LogP contribution is 2.20. The summed E-state index contributed by atoms with van der Waals surface area (Å²) in [7, 11) is 0. The van der Waals surface area contributed by atoms with Crippen molar-refractivity contribution in [1.29, 1.82) is 0 Å². The van der Waals surface area contributed by atoms with Crippen LogP contribution >= 0.6 is 0 Å². The molecule has 2 heterocycles. The van der Waals surface area contributed by atoms with Crippen LogP contribution in [0.3, 0.4) is 0 Å². The molecule has 1 saturated heterocycles. The number of amides is 1. The van der Waals surface area contributed by atoms with Crippen molar-refractivity contribution in [2.75, 3.05) is 13.2 Å². The van der Waals surface area contributed by atoms with Crippen LogP contribution in [0.25, 0.3) is 0 Å². The van der Waals surface area contributed by atoms with Gasteiger partial charge in [-0.25, -0.2) is 9.78 Å². The van der Waals surface area contributed by atoms with Gasteiger partial charge in [-0.05, 0) is 19.8 Å². The Morgan fingerprint density at radius 2 is 2.26 bits per heavy atom. The minimum absolute atomic E-state index is 0.119. The van der Waals surface area contributed by atoms with Crippen molar-refractivity contribution >= 4 is 11.9 Å². The van der Waals surface area contributed by atoms with Crippen LogP contribution in [0.1, 0.15) is 43.1 Å². The number of likely N-dealkylation sites (tertiary alicyclic amines) is 1. The molecule has 1 aliphatic rings. The number of nitrogens with one attached hydrogen (secondary N) is 1. The van der Waals surface area contributed by atoms with Crippen molar-refractivity contribution in [1.82, 2.24) is 20.1 Å². The van der Waals surface area contributed by atoms with Gasteiger partial charge in [0.1, 0.15) is 11.9 Å². The van der Waals surface area contributed by atoms with Crippen molar-refractivity contribution in [2.45, 2.75) is 39.2 Å². The van der Waals surface area contributed by atoms with Crippen LogP contribution in [0.2, 0.25) is 0 Å². The molecule has 0 spiro atoms. The van der Waals surface area contributed by atoms with Gasteiger partial charge in [-0.1, -0.05) is 6.92 Å². The van der Waals surface area contributed by atoms with Gasteiger partial charge < -0.3 is 9.64 Å². The molecule has 1 amide bonds. The number of ether oxygens (including phenoxy) is 1. The van der Waals surface area contributed by atoms with Gasteiger partial charge in [0, 0.05) is 13.0 Å². The summed E-state index contributed by atoms with van der Waals surface area (Å²) in [6.45, 7) is 4.53. The standard InChI is InChI=1S/C12H18N4O3/c1-3-9-13-10(15-14-9)11(17)16-7-5-6-8(16)12(18)19-4-2/h8H,3-7H2,1-2H3,(H,13,14,15). The Bertz CT molecular complexity index is 471. The molecule has 7 heteroatoms. The lowest BCUT2D eigenvalue weighted by Gasteiger charge is -2.21. The van der Waals surface area contributed by atoms with Gasteiger partial charge in [0.2, 0.25) is 5.82 Å². The van der Waals surface area contributed by atoms with E-state index < -0.39 is 6.04 Å². The minimum Gasteiger partial charge on any atom is -0.464 e. The predicted octanol–water partition coefficient (Wildman–Crippen LogP) is 0.535. The summed E-state index contributed by atoms with van der Waals surface area (Å²) in [5, 5.41) is 6.60. The zero-order chi connectivity index (χ0) is 13.8. The number of hydrogen-bond donors (Lipinski definition) is 1. The third-order valence-corrected chi connectivity index (χ3v) is 3.13. The van der Waals surface area contributed by atoms with E-state index >= 15 is 0 Å². The van der Waals surface area contributed by atoms with E-state index in [0.29, 0.717) is 31.8 Å². The highest BCUT2D eigenvalue weighted by Gasteiger charge is 2.36. The average Bonchev–Trinajstić information content (AvgIpc) is 3.07. The third-order valence-electron chi connectivity index (χ3n) is 3.13. The van der Waals surface area contributed by atoms with E-state index in [-0.39, 0.29) is 17.7 Å². The largest absolute Gasteiger partial charge is 0.464 e. The van der Waals surface area contributed by atoms with Gasteiger partial charge in [0.05, 0.1) is 6.61 Å². The fraction of sp³-hybridized carbons (Fsp3) is 0.667. The van der Waals surface area contributed by atoms with E-state index in [0.717, 1.165) is 6.42 Å². The first-order chi connectivity index (χ1) is 9.17. The Balaban J connectivity index is 2.11. The van der Waals surface area contributed by atoms with E-state index in [1.54, 1.807) is 6.92 Å². The SMILES string of the molecule is CCOC(=O)C1CCCN1C(=O)c1n[nH]c(CC)n1. The number of nitrogens with zero attached hydrogens (tertiary/aromatic N) is 3. The molecule has 0 aliphatic carbocycles. The average molecular weight is 266 g/mol. The first-order valence-electron chi connectivity index (χ1n) is 6.56. The zero-order valence-electron chi connectivity index (χ0n) is 11.2. The molecule has 104 valence electrons. The molecule has 1 atom stereocenters. The Kier molecular flexibility index (Phi) is 4.13. The van der Waals surface area contributed by atoms with Crippen LogP contribution in [0.15, 0.2) is 0 Å². The summed E-state index contributed by atoms with van der Waals surface area (Å²) in [6, 6.07) is -0.504. The van der Waals surface area contributed by atoms with Crippen LogP contribution in [-0.2, 0) is 16.0 Å². The molecule has 1 unspecified atom stereocenters. The normalized spacial score (nSPS) is 18.6. The van der Waals surface area contributed by atoms with Gasteiger partial charge >= 0.3 is 5.97 Å². The molecule has 19 heavy (non-hydrogen) atoms. The fourth-order valence-corrected chi connectivity index (χ4v) is 2.17. The number of rotatable bonds is 4. The van der Waals surface area contributed by atoms with Gasteiger partial charge in [0.15, 0.2) is 0 Å². The van der Waals surface area contributed by atoms with Gasteiger partial charge in [0.25, 0.3) is 5.91 Å². The summed E-state index contributed by atoms with van der Waals surface area (Å²) in [5.74, 6) is 0.120. The second kappa shape index (κ2) is 5.81. The van der Waals surface area contributed by atoms with Crippen molar-refractivity contribution in [3.63, 3.8) is 0 Å². The molecular formula is C12H18N4O3. The van der Waals surface area contributed by atoms with Crippen molar-refractivity contribution in [3.05, 3.63) is 11.6 Å². The van der Waals surface area contributed by atoms with Crippen molar-refractivity contribution < 1.29 is 14.3 Å². The topological polar surface area (TPSA) is 88.2 Å². The smallest absolute Gasteiger partial charge is 0.328 e. The summed E-state index contributed by atoms with van der Waals surface area (Å²) >= 11 is 0. The molecule has 0 aromatic carbocycles. The van der Waals surface area contributed by atoms with Crippen LogP contribution < -0.4 is 0 Å². The quantitative estimate of drug-likeness (QED) is 0.803. The summed E-state index contributed by atoms with van der Waals surface area (Å²) in [5.41, 5.74) is 0. The lowest BCUT2D eigenvalue weighted by molar-refractivity contribution is -0.147. The molecular weight excluding hydrogens is 248 g/mol. The Morgan fingerprint density at radius 1 is 1.47 bits per heavy atom. The summed E-state index contributed by atoms with van der Waals surface area (Å²) in [6.07, 6.45) is 2.11. The molecule has 1 N–H and O–H groups in total. The lowest BCUT2D eigenvalue weighted by Crippen LogP contribution is -2.41. The number of aromatic amines is 1. The Hall–Kier alpha value is -1.92. The number of esters is 1. The van der Waals surface area contributed by atoms with E-state index in [9.17, 15) is 9.59 Å². The molecule has 0 saturated carbocycles.